The van der Waals surface area contributed by atoms with E-state index in [1.807, 2.05) is 28.9 Å². The summed E-state index contributed by atoms with van der Waals surface area (Å²) in [4.78, 5) is 33.2. The normalized spacial score (nSPS) is 21.3. The number of piperidine rings is 1. The van der Waals surface area contributed by atoms with Crippen molar-refractivity contribution in [2.45, 2.75) is 25.8 Å². The van der Waals surface area contributed by atoms with Gasteiger partial charge in [-0.15, -0.1) is 11.3 Å². The average Bonchev–Trinajstić information content (AvgIpc) is 3.30. The fourth-order valence-corrected chi connectivity index (χ4v) is 4.35. The number of nitrogens with one attached hydrogen (secondary N) is 1. The Kier molecular flexibility index (Phi) is 4.78. The summed E-state index contributed by atoms with van der Waals surface area (Å²) in [5.41, 5.74) is 0.450. The molecule has 0 radical (unpaired) electrons. The molecule has 0 bridgehead atoms. The van der Waals surface area contributed by atoms with Crippen molar-refractivity contribution in [3.05, 3.63) is 29.0 Å². The average molecular weight is 374 g/mol. The first-order valence-corrected chi connectivity index (χ1v) is 9.81. The van der Waals surface area contributed by atoms with Gasteiger partial charge in [0.2, 0.25) is 5.91 Å². The van der Waals surface area contributed by atoms with Crippen molar-refractivity contribution in [2.75, 3.05) is 32.7 Å². The first-order valence-electron chi connectivity index (χ1n) is 8.93. The number of likely N-dealkylation sites (tertiary alicyclic amines) is 1. The standard InChI is InChI=1S/C18H22N4O3S/c1-12-4-5-15(25-12)17-20-14(11-26-17)18(24)21-7-2-3-13(10-21)22-8-6-19-9-16(22)23/h4-5,11,13,19H,2-3,6-10H2,1H3. The molecule has 0 spiro atoms. The molecule has 2 aromatic rings. The first-order chi connectivity index (χ1) is 12.6. The van der Waals surface area contributed by atoms with Crippen molar-refractivity contribution in [3.8, 4) is 10.8 Å². The van der Waals surface area contributed by atoms with Crippen molar-refractivity contribution < 1.29 is 14.0 Å². The molecule has 2 aromatic heterocycles. The van der Waals surface area contributed by atoms with Crippen LogP contribution in [0.1, 0.15) is 29.1 Å². The maximum absolute atomic E-state index is 12.9. The van der Waals surface area contributed by atoms with E-state index in [9.17, 15) is 9.59 Å². The summed E-state index contributed by atoms with van der Waals surface area (Å²) in [5.74, 6) is 1.57. The lowest BCUT2D eigenvalue weighted by Gasteiger charge is -2.40. The van der Waals surface area contributed by atoms with Gasteiger partial charge in [0, 0.05) is 37.6 Å². The number of hydrogen-bond donors (Lipinski definition) is 1. The number of hydrogen-bond acceptors (Lipinski definition) is 6. The fourth-order valence-electron chi connectivity index (χ4n) is 3.60. The zero-order chi connectivity index (χ0) is 18.1. The van der Waals surface area contributed by atoms with Gasteiger partial charge in [-0.2, -0.15) is 0 Å². The van der Waals surface area contributed by atoms with Crippen LogP contribution in [0.25, 0.3) is 10.8 Å². The van der Waals surface area contributed by atoms with Crippen molar-refractivity contribution in [1.29, 1.82) is 0 Å². The lowest BCUT2D eigenvalue weighted by Crippen LogP contribution is -2.57. The summed E-state index contributed by atoms with van der Waals surface area (Å²) in [5, 5.41) is 5.60. The Hall–Kier alpha value is -2.19. The molecule has 1 atom stereocenters. The number of thiazole rings is 1. The van der Waals surface area contributed by atoms with Crippen LogP contribution in [0.15, 0.2) is 21.9 Å². The molecule has 2 saturated heterocycles. The number of rotatable bonds is 3. The number of furan rings is 1. The number of aromatic nitrogens is 1. The monoisotopic (exact) mass is 374 g/mol. The Bertz CT molecular complexity index is 815. The van der Waals surface area contributed by atoms with Crippen molar-refractivity contribution >= 4 is 23.2 Å². The molecule has 1 unspecified atom stereocenters. The molecule has 138 valence electrons. The van der Waals surface area contributed by atoms with E-state index in [-0.39, 0.29) is 17.9 Å². The summed E-state index contributed by atoms with van der Waals surface area (Å²) in [6.45, 7) is 5.09. The molecule has 1 N–H and O–H groups in total. The second kappa shape index (κ2) is 7.20. The zero-order valence-corrected chi connectivity index (χ0v) is 15.6. The topological polar surface area (TPSA) is 78.7 Å². The van der Waals surface area contributed by atoms with E-state index in [1.54, 1.807) is 5.38 Å². The molecule has 0 aliphatic carbocycles. The smallest absolute Gasteiger partial charge is 0.273 e. The predicted octanol–water partition coefficient (Wildman–Crippen LogP) is 1.75. The van der Waals surface area contributed by atoms with Crippen LogP contribution in [-0.2, 0) is 4.79 Å². The van der Waals surface area contributed by atoms with E-state index < -0.39 is 0 Å². The van der Waals surface area contributed by atoms with Crippen LogP contribution < -0.4 is 5.32 Å². The maximum Gasteiger partial charge on any atom is 0.273 e. The molecule has 26 heavy (non-hydrogen) atoms. The van der Waals surface area contributed by atoms with Crippen molar-refractivity contribution in [2.24, 2.45) is 0 Å². The molecule has 2 aliphatic heterocycles. The molecular weight excluding hydrogens is 352 g/mol. The van der Waals surface area contributed by atoms with Gasteiger partial charge in [-0.25, -0.2) is 4.98 Å². The van der Waals surface area contributed by atoms with E-state index in [0.29, 0.717) is 42.6 Å². The van der Waals surface area contributed by atoms with Crippen LogP contribution in [0.5, 0.6) is 0 Å². The minimum Gasteiger partial charge on any atom is -0.459 e. The Balaban J connectivity index is 1.46. The Labute approximate surface area is 156 Å². The maximum atomic E-state index is 12.9. The second-order valence-corrected chi connectivity index (χ2v) is 7.62. The molecule has 0 aromatic carbocycles. The van der Waals surface area contributed by atoms with Gasteiger partial charge in [-0.1, -0.05) is 0 Å². The van der Waals surface area contributed by atoms with E-state index in [0.717, 1.165) is 25.1 Å². The van der Waals surface area contributed by atoms with Gasteiger partial charge in [0.25, 0.3) is 5.91 Å². The summed E-state index contributed by atoms with van der Waals surface area (Å²) in [6.07, 6.45) is 1.85. The number of nitrogens with zero attached hydrogens (tertiary/aromatic N) is 3. The third-order valence-corrected chi connectivity index (χ3v) is 5.78. The number of carbonyl (C=O) groups is 2. The highest BCUT2D eigenvalue weighted by molar-refractivity contribution is 7.13. The highest BCUT2D eigenvalue weighted by atomic mass is 32.1. The highest BCUT2D eigenvalue weighted by Gasteiger charge is 2.32. The Morgan fingerprint density at radius 2 is 2.27 bits per heavy atom. The molecule has 2 fully saturated rings. The predicted molar refractivity (Wildman–Crippen MR) is 98.1 cm³/mol. The van der Waals surface area contributed by atoms with Crippen LogP contribution >= 0.6 is 11.3 Å². The van der Waals surface area contributed by atoms with Gasteiger partial charge in [-0.3, -0.25) is 9.59 Å². The van der Waals surface area contributed by atoms with Crippen LogP contribution in [-0.4, -0.2) is 65.4 Å². The molecule has 7 nitrogen and oxygen atoms in total. The van der Waals surface area contributed by atoms with Crippen molar-refractivity contribution in [3.63, 3.8) is 0 Å². The third-order valence-electron chi connectivity index (χ3n) is 4.93. The van der Waals surface area contributed by atoms with Crippen LogP contribution in [0.2, 0.25) is 0 Å². The largest absolute Gasteiger partial charge is 0.459 e. The molecule has 2 aliphatic rings. The lowest BCUT2D eigenvalue weighted by molar-refractivity contribution is -0.135. The number of amides is 2. The van der Waals surface area contributed by atoms with Gasteiger partial charge in [-0.05, 0) is 31.9 Å². The molecule has 0 saturated carbocycles. The van der Waals surface area contributed by atoms with Gasteiger partial charge in [0.15, 0.2) is 10.8 Å². The lowest BCUT2D eigenvalue weighted by atomic mass is 10.0. The third kappa shape index (κ3) is 3.39. The molecule has 8 heteroatoms. The van der Waals surface area contributed by atoms with E-state index in [1.165, 1.54) is 11.3 Å². The van der Waals surface area contributed by atoms with Crippen LogP contribution in [0.4, 0.5) is 0 Å². The summed E-state index contributed by atoms with van der Waals surface area (Å²) >= 11 is 1.41. The van der Waals surface area contributed by atoms with Gasteiger partial charge < -0.3 is 19.5 Å². The molecule has 2 amide bonds. The van der Waals surface area contributed by atoms with Gasteiger partial charge in [0.05, 0.1) is 6.54 Å². The quantitative estimate of drug-likeness (QED) is 0.886. The SMILES string of the molecule is Cc1ccc(-c2nc(C(=O)N3CCCC(N4CCNCC4=O)C3)cs2)o1. The van der Waals surface area contributed by atoms with E-state index in [4.69, 9.17) is 4.42 Å². The Morgan fingerprint density at radius 3 is 3.04 bits per heavy atom. The summed E-state index contributed by atoms with van der Waals surface area (Å²) in [6, 6.07) is 3.86. The highest BCUT2D eigenvalue weighted by Crippen LogP contribution is 2.27. The second-order valence-electron chi connectivity index (χ2n) is 6.76. The zero-order valence-electron chi connectivity index (χ0n) is 14.7. The van der Waals surface area contributed by atoms with Crippen molar-refractivity contribution in [1.82, 2.24) is 20.1 Å². The minimum atomic E-state index is -0.0666. The van der Waals surface area contributed by atoms with Crippen LogP contribution in [0, 0.1) is 6.92 Å². The molecule has 4 rings (SSSR count). The van der Waals surface area contributed by atoms with Gasteiger partial charge in [0.1, 0.15) is 11.5 Å². The fraction of sp³-hybridized carbons (Fsp3) is 0.500. The minimum absolute atomic E-state index is 0.0666. The summed E-state index contributed by atoms with van der Waals surface area (Å²) < 4.78 is 5.59. The number of piperazine rings is 1. The molecule has 4 heterocycles. The Morgan fingerprint density at radius 1 is 1.38 bits per heavy atom. The van der Waals surface area contributed by atoms with E-state index in [2.05, 4.69) is 10.3 Å². The van der Waals surface area contributed by atoms with Crippen LogP contribution in [0.3, 0.4) is 0 Å². The molecular formula is C18H22N4O3S. The first kappa shape index (κ1) is 17.2. The van der Waals surface area contributed by atoms with Gasteiger partial charge >= 0.3 is 0 Å². The number of carbonyl (C=O) groups excluding carboxylic acids is 2. The number of aryl methyl sites for hydroxylation is 1. The van der Waals surface area contributed by atoms with E-state index >= 15 is 0 Å². The summed E-state index contributed by atoms with van der Waals surface area (Å²) in [7, 11) is 0.